The predicted octanol–water partition coefficient (Wildman–Crippen LogP) is 8.16. The highest BCUT2D eigenvalue weighted by atomic mass is 14.5. The van der Waals surface area contributed by atoms with Gasteiger partial charge >= 0.3 is 0 Å². The number of hydrogen-bond acceptors (Lipinski definition) is 2. The largest absolute Gasteiger partial charge is 0.399 e. The second kappa shape index (κ2) is 14.3. The summed E-state index contributed by atoms with van der Waals surface area (Å²) < 4.78 is 0. The smallest absolute Gasteiger partial charge is 0.0314 e. The summed E-state index contributed by atoms with van der Waals surface area (Å²) in [6, 6.07) is 35.1. The highest BCUT2D eigenvalue weighted by Crippen LogP contribution is 2.16. The number of aryl methyl sites for hydroxylation is 6. The Balaban J connectivity index is 1.07. The van der Waals surface area contributed by atoms with Crippen LogP contribution >= 0.6 is 0 Å². The summed E-state index contributed by atoms with van der Waals surface area (Å²) in [4.78, 5) is 0. The minimum atomic E-state index is 0.839. The van der Waals surface area contributed by atoms with Crippen molar-refractivity contribution in [2.75, 3.05) is 11.5 Å². The number of hydrogen-bond donors (Lipinski definition) is 2. The Kier molecular flexibility index (Phi) is 10.2. The molecule has 0 atom stereocenters. The van der Waals surface area contributed by atoms with Gasteiger partial charge in [0, 0.05) is 11.4 Å². The third kappa shape index (κ3) is 9.46. The van der Waals surface area contributed by atoms with Crippen LogP contribution in [0.15, 0.2) is 97.1 Å². The molecule has 0 heterocycles. The molecule has 0 amide bonds. The molecule has 4 N–H and O–H groups in total. The van der Waals surface area contributed by atoms with Crippen LogP contribution in [0.5, 0.6) is 0 Å². The summed E-state index contributed by atoms with van der Waals surface area (Å²) in [7, 11) is 0. The summed E-state index contributed by atoms with van der Waals surface area (Å²) in [5, 5.41) is 0. The van der Waals surface area contributed by atoms with Crippen molar-refractivity contribution in [2.45, 2.75) is 70.6 Å². The number of anilines is 2. The van der Waals surface area contributed by atoms with Crippen molar-refractivity contribution in [2.24, 2.45) is 0 Å². The van der Waals surface area contributed by atoms with Crippen molar-refractivity contribution < 1.29 is 0 Å². The van der Waals surface area contributed by atoms with Crippen LogP contribution in [0.1, 0.15) is 65.5 Å². The Morgan fingerprint density at radius 3 is 0.757 bits per heavy atom. The highest BCUT2D eigenvalue weighted by molar-refractivity contribution is 5.40. The fourth-order valence-electron chi connectivity index (χ4n) is 4.94. The van der Waals surface area contributed by atoms with E-state index in [1.54, 1.807) is 0 Å². The minimum Gasteiger partial charge on any atom is -0.399 e. The molecule has 4 aromatic rings. The standard InChI is InChI=1S/C35H42N2/c36-34-24-20-32(21-25-34)10-4-8-30-16-12-28(13-17-30)6-2-1-3-7-29-14-18-31(19-15-29)9-5-11-33-22-26-35(37)27-23-33/h12-27H,1-11,36-37H2. The van der Waals surface area contributed by atoms with E-state index in [0.29, 0.717) is 0 Å². The molecule has 0 radical (unpaired) electrons. The van der Waals surface area contributed by atoms with Crippen LogP contribution < -0.4 is 11.5 Å². The first kappa shape index (κ1) is 26.5. The lowest BCUT2D eigenvalue weighted by atomic mass is 9.99. The Labute approximate surface area is 223 Å². The molecule has 4 rings (SSSR count). The molecule has 0 saturated heterocycles. The average Bonchev–Trinajstić information content (AvgIpc) is 2.92. The topological polar surface area (TPSA) is 52.0 Å². The maximum Gasteiger partial charge on any atom is 0.0314 e. The third-order valence-electron chi connectivity index (χ3n) is 7.30. The Hall–Kier alpha value is -3.52. The van der Waals surface area contributed by atoms with Gasteiger partial charge in [-0.15, -0.1) is 0 Å². The molecule has 0 spiro atoms. The first-order valence-corrected chi connectivity index (χ1v) is 14.0. The molecule has 0 saturated carbocycles. The number of nitrogens with two attached hydrogens (primary N) is 2. The summed E-state index contributed by atoms with van der Waals surface area (Å²) in [6.07, 6.45) is 13.0. The number of unbranched alkanes of at least 4 members (excludes halogenated alkanes) is 2. The van der Waals surface area contributed by atoms with Crippen LogP contribution in [0.25, 0.3) is 0 Å². The maximum atomic E-state index is 5.77. The van der Waals surface area contributed by atoms with Gasteiger partial charge in [0.25, 0.3) is 0 Å². The number of nitrogen functional groups attached to an aromatic ring is 2. The Bertz CT molecular complexity index is 1080. The van der Waals surface area contributed by atoms with Crippen LogP contribution in [-0.2, 0) is 38.5 Å². The molecule has 192 valence electrons. The zero-order valence-electron chi connectivity index (χ0n) is 22.2. The molecular formula is C35H42N2. The zero-order chi connectivity index (χ0) is 25.7. The van der Waals surface area contributed by atoms with E-state index >= 15 is 0 Å². The minimum absolute atomic E-state index is 0.839. The molecule has 0 aromatic heterocycles. The molecule has 0 bridgehead atoms. The van der Waals surface area contributed by atoms with Gasteiger partial charge in [-0.3, -0.25) is 0 Å². The van der Waals surface area contributed by atoms with Gasteiger partial charge < -0.3 is 11.5 Å². The fraction of sp³-hybridized carbons (Fsp3) is 0.314. The van der Waals surface area contributed by atoms with Crippen molar-refractivity contribution in [1.82, 2.24) is 0 Å². The van der Waals surface area contributed by atoms with E-state index in [4.69, 9.17) is 11.5 Å². The molecule has 2 nitrogen and oxygen atoms in total. The zero-order valence-corrected chi connectivity index (χ0v) is 22.2. The summed E-state index contributed by atoms with van der Waals surface area (Å²) >= 11 is 0. The van der Waals surface area contributed by atoms with Crippen LogP contribution in [0.2, 0.25) is 0 Å². The Morgan fingerprint density at radius 1 is 0.270 bits per heavy atom. The van der Waals surface area contributed by atoms with E-state index in [9.17, 15) is 0 Å². The Morgan fingerprint density at radius 2 is 0.486 bits per heavy atom. The van der Waals surface area contributed by atoms with Crippen LogP contribution in [0.4, 0.5) is 11.4 Å². The lowest BCUT2D eigenvalue weighted by Crippen LogP contribution is -1.93. The molecule has 4 aromatic carbocycles. The van der Waals surface area contributed by atoms with Gasteiger partial charge in [-0.1, -0.05) is 79.2 Å². The highest BCUT2D eigenvalue weighted by Gasteiger charge is 2.01. The molecule has 0 aliphatic carbocycles. The number of rotatable bonds is 14. The summed E-state index contributed by atoms with van der Waals surface area (Å²) in [5.74, 6) is 0. The predicted molar refractivity (Wildman–Crippen MR) is 160 cm³/mol. The van der Waals surface area contributed by atoms with E-state index < -0.39 is 0 Å². The van der Waals surface area contributed by atoms with E-state index in [2.05, 4.69) is 72.8 Å². The quantitative estimate of drug-likeness (QED) is 0.138. The average molecular weight is 491 g/mol. The van der Waals surface area contributed by atoms with Crippen LogP contribution in [-0.4, -0.2) is 0 Å². The van der Waals surface area contributed by atoms with Crippen molar-refractivity contribution in [1.29, 1.82) is 0 Å². The van der Waals surface area contributed by atoms with Crippen molar-refractivity contribution >= 4 is 11.4 Å². The van der Waals surface area contributed by atoms with Crippen molar-refractivity contribution in [3.63, 3.8) is 0 Å². The third-order valence-corrected chi connectivity index (χ3v) is 7.30. The van der Waals surface area contributed by atoms with Gasteiger partial charge in [0.15, 0.2) is 0 Å². The van der Waals surface area contributed by atoms with Gasteiger partial charge in [0.2, 0.25) is 0 Å². The van der Waals surface area contributed by atoms with E-state index in [1.807, 2.05) is 24.3 Å². The van der Waals surface area contributed by atoms with Crippen LogP contribution in [0, 0.1) is 0 Å². The first-order valence-electron chi connectivity index (χ1n) is 14.0. The maximum absolute atomic E-state index is 5.77. The van der Waals surface area contributed by atoms with Gasteiger partial charge in [-0.05, 0) is 122 Å². The SMILES string of the molecule is Nc1ccc(CCCc2ccc(CCCCCc3ccc(CCCc4ccc(N)cc4)cc3)cc2)cc1. The molecule has 0 unspecified atom stereocenters. The lowest BCUT2D eigenvalue weighted by Gasteiger charge is -2.07. The van der Waals surface area contributed by atoms with Gasteiger partial charge in [-0.2, -0.15) is 0 Å². The molecule has 37 heavy (non-hydrogen) atoms. The van der Waals surface area contributed by atoms with Gasteiger partial charge in [0.1, 0.15) is 0 Å². The fourth-order valence-corrected chi connectivity index (χ4v) is 4.94. The second-order valence-corrected chi connectivity index (χ2v) is 10.4. The summed E-state index contributed by atoms with van der Waals surface area (Å²) in [6.45, 7) is 0. The van der Waals surface area contributed by atoms with Gasteiger partial charge in [-0.25, -0.2) is 0 Å². The van der Waals surface area contributed by atoms with E-state index in [-0.39, 0.29) is 0 Å². The normalized spacial score (nSPS) is 11.0. The summed E-state index contributed by atoms with van der Waals surface area (Å²) in [5.41, 5.74) is 21.8. The molecule has 2 heteroatoms. The van der Waals surface area contributed by atoms with Crippen molar-refractivity contribution in [3.05, 3.63) is 130 Å². The monoisotopic (exact) mass is 490 g/mol. The molecule has 0 aliphatic heterocycles. The van der Waals surface area contributed by atoms with Crippen LogP contribution in [0.3, 0.4) is 0 Å². The van der Waals surface area contributed by atoms with E-state index in [1.165, 1.54) is 78.3 Å². The first-order chi connectivity index (χ1) is 18.1. The van der Waals surface area contributed by atoms with Crippen molar-refractivity contribution in [3.8, 4) is 0 Å². The van der Waals surface area contributed by atoms with Gasteiger partial charge in [0.05, 0.1) is 0 Å². The number of benzene rings is 4. The molecule has 0 fully saturated rings. The molecule has 0 aliphatic rings. The molecular weight excluding hydrogens is 448 g/mol. The lowest BCUT2D eigenvalue weighted by molar-refractivity contribution is 0.678. The second-order valence-electron chi connectivity index (χ2n) is 10.4. The van der Waals surface area contributed by atoms with E-state index in [0.717, 1.165) is 37.1 Å².